The quantitative estimate of drug-likeness (QED) is 0.110. The van der Waals surface area contributed by atoms with Crippen LogP contribution in [0.4, 0.5) is 0 Å². The van der Waals surface area contributed by atoms with Gasteiger partial charge in [0.05, 0.1) is 89.8 Å². The summed E-state index contributed by atoms with van der Waals surface area (Å²) in [6.45, 7) is 8.74. The monoisotopic (exact) mass is 780 g/mol. The molecule has 0 radical (unpaired) electrons. The summed E-state index contributed by atoms with van der Waals surface area (Å²) in [5.41, 5.74) is 4.35. The molecule has 1 unspecified atom stereocenters. The van der Waals surface area contributed by atoms with Crippen LogP contribution in [0.3, 0.4) is 0 Å². The first-order valence-electron chi connectivity index (χ1n) is 17.1. The van der Waals surface area contributed by atoms with Gasteiger partial charge in [0.1, 0.15) is 11.4 Å². The standard InChI is InChI=1S/C34H46Cl2N8O7S/c1-3-47-11-8-43-20-28(38-40-43)24-51-25-29-21-44(41-39-29)9-12-49-14-16-50-15-13-48-10-7-37-52(45,46)30-6-4-5-26(17-30)32-22-42(2)23-33-31(32)18-27(35)19-34(33)36/h4-6,17-21,32,37H,3,7-16,22-25H2,1-2H3. The summed E-state index contributed by atoms with van der Waals surface area (Å²) in [5.74, 6) is -0.0646. The normalized spacial score (nSPS) is 15.0. The van der Waals surface area contributed by atoms with Crippen molar-refractivity contribution < 1.29 is 32.1 Å². The van der Waals surface area contributed by atoms with E-state index in [0.29, 0.717) is 101 Å². The molecule has 284 valence electrons. The fraction of sp³-hybridized carbons (Fsp3) is 0.529. The summed E-state index contributed by atoms with van der Waals surface area (Å²) in [6.07, 6.45) is 3.65. The van der Waals surface area contributed by atoms with Crippen molar-refractivity contribution in [2.75, 3.05) is 73.0 Å². The summed E-state index contributed by atoms with van der Waals surface area (Å²) in [5, 5.41) is 17.6. The van der Waals surface area contributed by atoms with Crippen LogP contribution in [-0.2, 0) is 66.6 Å². The van der Waals surface area contributed by atoms with Gasteiger partial charge in [0.25, 0.3) is 0 Å². The fourth-order valence-electron chi connectivity index (χ4n) is 5.65. The zero-order chi connectivity index (χ0) is 36.8. The average Bonchev–Trinajstić information content (AvgIpc) is 3.78. The summed E-state index contributed by atoms with van der Waals surface area (Å²) < 4.78 is 60.0. The first kappa shape index (κ1) is 40.2. The Bertz CT molecular complexity index is 1810. The van der Waals surface area contributed by atoms with Crippen LogP contribution >= 0.6 is 23.2 Å². The van der Waals surface area contributed by atoms with Crippen LogP contribution in [-0.4, -0.2) is 116 Å². The molecule has 0 aliphatic carbocycles. The Morgan fingerprint density at radius 2 is 1.46 bits per heavy atom. The van der Waals surface area contributed by atoms with Gasteiger partial charge in [-0.25, -0.2) is 22.5 Å². The molecule has 2 aromatic heterocycles. The van der Waals surface area contributed by atoms with E-state index in [-0.39, 0.29) is 24.0 Å². The van der Waals surface area contributed by atoms with Gasteiger partial charge in [-0.2, -0.15) is 0 Å². The number of fused-ring (bicyclic) bond motifs is 1. The molecule has 3 heterocycles. The third-order valence-electron chi connectivity index (χ3n) is 8.15. The molecule has 1 N–H and O–H groups in total. The van der Waals surface area contributed by atoms with E-state index < -0.39 is 10.0 Å². The number of rotatable bonds is 23. The van der Waals surface area contributed by atoms with Crippen molar-refractivity contribution in [2.45, 2.75) is 50.6 Å². The van der Waals surface area contributed by atoms with Crippen molar-refractivity contribution in [1.29, 1.82) is 0 Å². The Kier molecular flexibility index (Phi) is 15.8. The molecule has 15 nitrogen and oxygen atoms in total. The zero-order valence-electron chi connectivity index (χ0n) is 29.5. The van der Waals surface area contributed by atoms with Crippen molar-refractivity contribution in [3.63, 3.8) is 0 Å². The predicted octanol–water partition coefficient (Wildman–Crippen LogP) is 3.54. The van der Waals surface area contributed by atoms with Gasteiger partial charge < -0.3 is 28.6 Å². The van der Waals surface area contributed by atoms with Gasteiger partial charge >= 0.3 is 0 Å². The molecule has 0 fully saturated rings. The average molecular weight is 782 g/mol. The topological polar surface area (TPSA) is 157 Å². The van der Waals surface area contributed by atoms with Gasteiger partial charge in [-0.05, 0) is 54.9 Å². The predicted molar refractivity (Wildman–Crippen MR) is 194 cm³/mol. The number of sulfonamides is 1. The van der Waals surface area contributed by atoms with E-state index in [2.05, 4.69) is 30.2 Å². The van der Waals surface area contributed by atoms with Crippen molar-refractivity contribution in [1.82, 2.24) is 39.6 Å². The highest BCUT2D eigenvalue weighted by molar-refractivity contribution is 7.89. The molecule has 0 saturated heterocycles. The maximum atomic E-state index is 13.1. The molecule has 1 aliphatic heterocycles. The lowest BCUT2D eigenvalue weighted by Gasteiger charge is -2.33. The van der Waals surface area contributed by atoms with Gasteiger partial charge in [-0.15, -0.1) is 10.2 Å². The Morgan fingerprint density at radius 1 is 0.827 bits per heavy atom. The number of nitrogens with zero attached hydrogens (tertiary/aromatic N) is 7. The van der Waals surface area contributed by atoms with Crippen molar-refractivity contribution in [3.8, 4) is 0 Å². The van der Waals surface area contributed by atoms with Crippen molar-refractivity contribution in [3.05, 3.63) is 86.9 Å². The third-order valence-corrected chi connectivity index (χ3v) is 10.2. The summed E-state index contributed by atoms with van der Waals surface area (Å²) in [4.78, 5) is 2.36. The highest BCUT2D eigenvalue weighted by Crippen LogP contribution is 2.38. The number of benzene rings is 2. The van der Waals surface area contributed by atoms with E-state index in [9.17, 15) is 8.42 Å². The number of ether oxygens (including phenoxy) is 5. The van der Waals surface area contributed by atoms with E-state index in [1.54, 1.807) is 33.6 Å². The minimum atomic E-state index is -3.74. The van der Waals surface area contributed by atoms with Gasteiger partial charge in [0.2, 0.25) is 10.0 Å². The van der Waals surface area contributed by atoms with Gasteiger partial charge in [-0.1, -0.05) is 45.8 Å². The first-order chi connectivity index (χ1) is 25.2. The number of aromatic nitrogens is 6. The van der Waals surface area contributed by atoms with Crippen LogP contribution in [0.2, 0.25) is 10.0 Å². The fourth-order valence-corrected chi connectivity index (χ4v) is 7.29. The molecule has 1 aliphatic rings. The molecule has 1 atom stereocenters. The maximum Gasteiger partial charge on any atom is 0.240 e. The minimum absolute atomic E-state index is 0.0646. The van der Waals surface area contributed by atoms with Crippen LogP contribution in [0.15, 0.2) is 53.7 Å². The maximum absolute atomic E-state index is 13.1. The highest BCUT2D eigenvalue weighted by Gasteiger charge is 2.28. The Hall–Kier alpha value is -3.03. The number of halogens is 2. The summed E-state index contributed by atoms with van der Waals surface area (Å²) in [6, 6.07) is 10.7. The third kappa shape index (κ3) is 12.3. The highest BCUT2D eigenvalue weighted by atomic mass is 35.5. The summed E-state index contributed by atoms with van der Waals surface area (Å²) in [7, 11) is -1.73. The zero-order valence-corrected chi connectivity index (χ0v) is 31.8. The van der Waals surface area contributed by atoms with Crippen molar-refractivity contribution in [2.24, 2.45) is 0 Å². The Morgan fingerprint density at radius 3 is 2.13 bits per heavy atom. The molecule has 0 amide bonds. The molecule has 2 aromatic carbocycles. The molecule has 52 heavy (non-hydrogen) atoms. The second kappa shape index (κ2) is 20.4. The SMILES string of the molecule is CCOCCn1cc(COCc2cn(CCOCCOCCOCCNS(=O)(=O)c3cccc(C4CN(C)Cc5c(Cl)cc(Cl)cc54)c3)nn2)nn1. The Labute approximate surface area is 314 Å². The molecule has 4 aromatic rings. The minimum Gasteiger partial charge on any atom is -0.380 e. The van der Waals surface area contributed by atoms with Gasteiger partial charge in [-0.3, -0.25) is 0 Å². The molecule has 5 rings (SSSR count). The van der Waals surface area contributed by atoms with Crippen LogP contribution in [0.5, 0.6) is 0 Å². The second-order valence-corrected chi connectivity index (χ2v) is 14.8. The van der Waals surface area contributed by atoms with Crippen LogP contribution in [0.25, 0.3) is 0 Å². The van der Waals surface area contributed by atoms with Crippen LogP contribution in [0.1, 0.15) is 40.9 Å². The van der Waals surface area contributed by atoms with E-state index >= 15 is 0 Å². The van der Waals surface area contributed by atoms with Crippen molar-refractivity contribution >= 4 is 33.2 Å². The number of hydrogen-bond acceptors (Lipinski definition) is 12. The Balaban J connectivity index is 0.900. The van der Waals surface area contributed by atoms with Gasteiger partial charge in [0.15, 0.2) is 0 Å². The molecule has 0 spiro atoms. The van der Waals surface area contributed by atoms with Crippen LogP contribution < -0.4 is 4.72 Å². The van der Waals surface area contributed by atoms with E-state index in [0.717, 1.165) is 22.4 Å². The summed E-state index contributed by atoms with van der Waals surface area (Å²) >= 11 is 12.8. The largest absolute Gasteiger partial charge is 0.380 e. The second-order valence-electron chi connectivity index (χ2n) is 12.1. The van der Waals surface area contributed by atoms with Crippen LogP contribution in [0, 0.1) is 0 Å². The molecule has 0 bridgehead atoms. The number of likely N-dealkylation sites (N-methyl/N-ethyl adjacent to an activating group) is 1. The lowest BCUT2D eigenvalue weighted by atomic mass is 9.85. The van der Waals surface area contributed by atoms with E-state index in [4.69, 9.17) is 46.9 Å². The molecule has 18 heteroatoms. The lowest BCUT2D eigenvalue weighted by molar-refractivity contribution is 0.0137. The molecule has 0 saturated carbocycles. The number of hydrogen-bond donors (Lipinski definition) is 1. The lowest BCUT2D eigenvalue weighted by Crippen LogP contribution is -2.31. The molecular weight excluding hydrogens is 735 g/mol. The smallest absolute Gasteiger partial charge is 0.240 e. The molecular formula is C34H46Cl2N8O7S. The van der Waals surface area contributed by atoms with Gasteiger partial charge in [0, 0.05) is 42.2 Å². The van der Waals surface area contributed by atoms with E-state index in [1.165, 1.54) is 0 Å². The number of nitrogens with one attached hydrogen (secondary N) is 1. The van der Waals surface area contributed by atoms with E-state index in [1.807, 2.05) is 38.5 Å². The first-order valence-corrected chi connectivity index (χ1v) is 19.4.